The topological polar surface area (TPSA) is 40.6 Å². The lowest BCUT2D eigenvalue weighted by molar-refractivity contribution is 0.251. The fourth-order valence-corrected chi connectivity index (χ4v) is 4.82. The van der Waals surface area contributed by atoms with Gasteiger partial charge in [-0.2, -0.15) is 4.31 Å². The molecule has 0 unspecified atom stereocenters. The van der Waals surface area contributed by atoms with Crippen LogP contribution >= 0.6 is 0 Å². The molecule has 20 heavy (non-hydrogen) atoms. The molecular weight excluding hydrogens is 272 g/mol. The lowest BCUT2D eigenvalue weighted by Gasteiger charge is -2.24. The standard InChI is InChI=1S/C15H22N2O2S/c1-20(18,19)17-12-9-14-15(17)8-11-16(14)10-7-13-5-3-2-4-6-13/h2-6,14-15H,7-12H2,1H3/t14-,15+/m1/s1. The highest BCUT2D eigenvalue weighted by Gasteiger charge is 2.45. The molecule has 0 aromatic heterocycles. The fraction of sp³-hybridized carbons (Fsp3) is 0.600. The van der Waals surface area contributed by atoms with Crippen molar-refractivity contribution < 1.29 is 8.42 Å². The maximum atomic E-state index is 11.8. The summed E-state index contributed by atoms with van der Waals surface area (Å²) >= 11 is 0. The Bertz CT molecular complexity index is 558. The van der Waals surface area contributed by atoms with E-state index in [1.54, 1.807) is 4.31 Å². The minimum absolute atomic E-state index is 0.209. The van der Waals surface area contributed by atoms with Gasteiger partial charge in [-0.25, -0.2) is 8.42 Å². The first-order chi connectivity index (χ1) is 9.55. The Balaban J connectivity index is 1.61. The highest BCUT2D eigenvalue weighted by Crippen LogP contribution is 2.33. The lowest BCUT2D eigenvalue weighted by Crippen LogP contribution is -2.39. The molecule has 1 aromatic rings. The van der Waals surface area contributed by atoms with Gasteiger partial charge in [-0.1, -0.05) is 30.3 Å². The molecule has 0 radical (unpaired) electrons. The van der Waals surface area contributed by atoms with Crippen molar-refractivity contribution in [2.45, 2.75) is 31.3 Å². The third-order valence-corrected chi connectivity index (χ3v) is 5.90. The number of rotatable bonds is 4. The third kappa shape index (κ3) is 2.75. The second-order valence-corrected chi connectivity index (χ2v) is 7.79. The molecule has 3 rings (SSSR count). The molecule has 0 spiro atoms. The quantitative estimate of drug-likeness (QED) is 0.841. The molecular formula is C15H22N2O2S. The number of nitrogens with zero attached hydrogens (tertiary/aromatic N) is 2. The summed E-state index contributed by atoms with van der Waals surface area (Å²) in [5, 5.41) is 0. The van der Waals surface area contributed by atoms with E-state index in [2.05, 4.69) is 29.2 Å². The predicted octanol–water partition coefficient (Wildman–Crippen LogP) is 1.34. The van der Waals surface area contributed by atoms with E-state index in [0.29, 0.717) is 12.6 Å². The minimum Gasteiger partial charge on any atom is -0.298 e. The van der Waals surface area contributed by atoms with Crippen molar-refractivity contribution in [1.29, 1.82) is 0 Å². The van der Waals surface area contributed by atoms with Gasteiger partial charge in [-0.3, -0.25) is 4.90 Å². The Labute approximate surface area is 121 Å². The molecule has 2 fully saturated rings. The van der Waals surface area contributed by atoms with Gasteiger partial charge in [0.05, 0.1) is 6.26 Å². The summed E-state index contributed by atoms with van der Waals surface area (Å²) in [5.41, 5.74) is 1.36. The summed E-state index contributed by atoms with van der Waals surface area (Å²) in [6, 6.07) is 11.1. The lowest BCUT2D eigenvalue weighted by atomic mass is 10.1. The van der Waals surface area contributed by atoms with Gasteiger partial charge in [0.1, 0.15) is 0 Å². The van der Waals surface area contributed by atoms with Crippen molar-refractivity contribution in [2.24, 2.45) is 0 Å². The Morgan fingerprint density at radius 3 is 2.50 bits per heavy atom. The summed E-state index contributed by atoms with van der Waals surface area (Å²) in [6.45, 7) is 2.74. The van der Waals surface area contributed by atoms with Crippen molar-refractivity contribution in [3.8, 4) is 0 Å². The number of hydrogen-bond donors (Lipinski definition) is 0. The van der Waals surface area contributed by atoms with Crippen molar-refractivity contribution >= 4 is 10.0 Å². The van der Waals surface area contributed by atoms with Gasteiger partial charge in [-0.05, 0) is 24.8 Å². The maximum absolute atomic E-state index is 11.8. The first-order valence-corrected chi connectivity index (χ1v) is 9.15. The summed E-state index contributed by atoms with van der Waals surface area (Å²) in [4.78, 5) is 2.48. The zero-order valence-corrected chi connectivity index (χ0v) is 12.7. The molecule has 1 aromatic carbocycles. The van der Waals surface area contributed by atoms with Crippen LogP contribution < -0.4 is 0 Å². The van der Waals surface area contributed by atoms with E-state index < -0.39 is 10.0 Å². The highest BCUT2D eigenvalue weighted by atomic mass is 32.2. The molecule has 0 amide bonds. The molecule has 110 valence electrons. The molecule has 0 saturated carbocycles. The second kappa shape index (κ2) is 5.47. The van der Waals surface area contributed by atoms with Crippen LogP contribution in [0.4, 0.5) is 0 Å². The van der Waals surface area contributed by atoms with Crippen LogP contribution in [-0.4, -0.2) is 55.6 Å². The Hall–Kier alpha value is -0.910. The minimum atomic E-state index is -3.04. The molecule has 5 heteroatoms. The molecule has 2 atom stereocenters. The molecule has 4 nitrogen and oxygen atoms in total. The van der Waals surface area contributed by atoms with Gasteiger partial charge in [0.2, 0.25) is 10.0 Å². The van der Waals surface area contributed by atoms with Crippen LogP contribution in [0.15, 0.2) is 30.3 Å². The van der Waals surface area contributed by atoms with Crippen molar-refractivity contribution in [3.05, 3.63) is 35.9 Å². The van der Waals surface area contributed by atoms with Crippen LogP contribution in [0.3, 0.4) is 0 Å². The van der Waals surface area contributed by atoms with E-state index in [0.717, 1.165) is 32.4 Å². The molecule has 2 aliphatic heterocycles. The molecule has 0 aliphatic carbocycles. The number of fused-ring (bicyclic) bond motifs is 1. The van der Waals surface area contributed by atoms with Gasteiger partial charge in [0, 0.05) is 31.7 Å². The smallest absolute Gasteiger partial charge is 0.211 e. The van der Waals surface area contributed by atoms with E-state index in [1.165, 1.54) is 11.8 Å². The van der Waals surface area contributed by atoms with E-state index in [1.807, 2.05) is 6.07 Å². The summed E-state index contributed by atoms with van der Waals surface area (Å²) < 4.78 is 25.2. The van der Waals surface area contributed by atoms with Crippen molar-refractivity contribution in [2.75, 3.05) is 25.9 Å². The monoisotopic (exact) mass is 294 g/mol. The zero-order valence-electron chi connectivity index (χ0n) is 11.9. The molecule has 2 saturated heterocycles. The normalized spacial score (nSPS) is 27.9. The highest BCUT2D eigenvalue weighted by molar-refractivity contribution is 7.88. The average Bonchev–Trinajstić information content (AvgIpc) is 2.98. The van der Waals surface area contributed by atoms with Crippen LogP contribution in [-0.2, 0) is 16.4 Å². The van der Waals surface area contributed by atoms with Crippen LogP contribution in [0.25, 0.3) is 0 Å². The fourth-order valence-electron chi connectivity index (χ4n) is 3.64. The SMILES string of the molecule is CS(=O)(=O)N1CC[C@@H]2[C@@H]1CCN2CCc1ccccc1. The van der Waals surface area contributed by atoms with E-state index in [9.17, 15) is 8.42 Å². The van der Waals surface area contributed by atoms with Crippen LogP contribution in [0.2, 0.25) is 0 Å². The van der Waals surface area contributed by atoms with Crippen LogP contribution in [0.5, 0.6) is 0 Å². The first-order valence-electron chi connectivity index (χ1n) is 7.30. The molecule has 2 heterocycles. The van der Waals surface area contributed by atoms with Gasteiger partial charge in [0.15, 0.2) is 0 Å². The predicted molar refractivity (Wildman–Crippen MR) is 80.1 cm³/mol. The van der Waals surface area contributed by atoms with E-state index in [4.69, 9.17) is 0 Å². The van der Waals surface area contributed by atoms with Crippen molar-refractivity contribution in [1.82, 2.24) is 9.21 Å². The summed E-state index contributed by atoms with van der Waals surface area (Å²) in [7, 11) is -3.04. The van der Waals surface area contributed by atoms with E-state index >= 15 is 0 Å². The van der Waals surface area contributed by atoms with Gasteiger partial charge in [0.25, 0.3) is 0 Å². The third-order valence-electron chi connectivity index (χ3n) is 4.60. The zero-order chi connectivity index (χ0) is 14.2. The van der Waals surface area contributed by atoms with Crippen LogP contribution in [0.1, 0.15) is 18.4 Å². The molecule has 0 bridgehead atoms. The largest absolute Gasteiger partial charge is 0.298 e. The van der Waals surface area contributed by atoms with Gasteiger partial charge < -0.3 is 0 Å². The van der Waals surface area contributed by atoms with Crippen molar-refractivity contribution in [3.63, 3.8) is 0 Å². The van der Waals surface area contributed by atoms with Gasteiger partial charge >= 0.3 is 0 Å². The molecule has 2 aliphatic rings. The Morgan fingerprint density at radius 2 is 1.80 bits per heavy atom. The summed E-state index contributed by atoms with van der Waals surface area (Å²) in [5.74, 6) is 0. The average molecular weight is 294 g/mol. The number of likely N-dealkylation sites (tertiary alicyclic amines) is 1. The van der Waals surface area contributed by atoms with Gasteiger partial charge in [-0.15, -0.1) is 0 Å². The van der Waals surface area contributed by atoms with E-state index in [-0.39, 0.29) is 6.04 Å². The number of hydrogen-bond acceptors (Lipinski definition) is 3. The summed E-state index contributed by atoms with van der Waals surface area (Å²) in [6.07, 6.45) is 4.34. The number of sulfonamides is 1. The number of benzene rings is 1. The Kier molecular flexibility index (Phi) is 3.84. The Morgan fingerprint density at radius 1 is 1.10 bits per heavy atom. The second-order valence-electron chi connectivity index (χ2n) is 5.86. The first kappa shape index (κ1) is 14.0. The van der Waals surface area contributed by atoms with Crippen LogP contribution in [0, 0.1) is 0 Å². The maximum Gasteiger partial charge on any atom is 0.211 e. The molecule has 0 N–H and O–H groups in total.